The van der Waals surface area contributed by atoms with Crippen molar-refractivity contribution in [3.05, 3.63) is 540 Å². The molecule has 9 heterocycles. The highest BCUT2D eigenvalue weighted by molar-refractivity contribution is 6.28. The van der Waals surface area contributed by atoms with Crippen LogP contribution in [0.3, 0.4) is 0 Å². The van der Waals surface area contributed by atoms with Gasteiger partial charge < -0.3 is 27.0 Å². The van der Waals surface area contributed by atoms with Gasteiger partial charge in [-0.1, -0.05) is 400 Å². The molecule has 0 aliphatic carbocycles. The molecule has 0 unspecified atom stereocenters. The SMILES string of the molecule is c1ccc(-c2ccc(-c3cc(-c4cccc5c4oc4c5ccc5c4c4ccccc4n5-c4ccccc4)cc(-c4ccccc4)n3)cc2)cc1.c1ccc(-c2ccc(-c3cc(-c4ccccc4)nc(-c4cccc5c4oc4c5ccc5c4c4ccccc4n5-c4ccccc4)n3)cc2)cc1.c1ccc(-c2cccc(-c3cc(-c4ccccc4)nc(-c4cccc5c4oc4c5ccc5c4c4ccccc4n5-c4ccccc4)c3)c2)cc1. The standard InChI is InChI=1S/2C47H30N2O.C46H29N3O/c1-4-14-31(15-5-1)33-18-12-19-34(28-33)35-29-41(32-16-6-2-7-17-32)48-42(30-35)39-24-13-23-37-38-26-27-44-45(47(38)50-46(37)39)40-22-10-11-25-43(40)49(44)36-20-8-3-9-21-36;1-4-13-31(14-5-1)32-23-25-34(26-24-32)42-30-35(29-41(48-42)33-15-6-2-7-16-33)37-20-12-21-38-39-27-28-44-45(47(39)50-46(37)38)40-19-10-11-22-43(40)49(44)36-17-8-3-9-18-36;1-4-13-30(14-5-1)31-23-25-33(26-24-31)40-29-39(32-15-6-2-7-16-32)47-46(48-40)38-21-12-20-35-36-27-28-42-43(45(36)50-44(35)38)37-19-10-11-22-41(37)49(42)34-17-8-3-9-18-34/h2*1-30H;1-29H. The lowest BCUT2D eigenvalue weighted by molar-refractivity contribution is 0.673. The van der Waals surface area contributed by atoms with Gasteiger partial charge in [-0.15, -0.1) is 0 Å². The van der Waals surface area contributed by atoms with Gasteiger partial charge in [-0.25, -0.2) is 19.9 Å². The van der Waals surface area contributed by atoms with E-state index < -0.39 is 0 Å². The fourth-order valence-corrected chi connectivity index (χ4v) is 22.2. The first-order valence-electron chi connectivity index (χ1n) is 50.8. The highest BCUT2D eigenvalue weighted by Crippen LogP contribution is 2.50. The number of para-hydroxylation sites is 9. The van der Waals surface area contributed by atoms with Gasteiger partial charge in [0.2, 0.25) is 0 Å². The molecule has 0 atom stereocenters. The average Bonchev–Trinajstić information content (AvgIpc) is 1.56. The number of fused-ring (bicyclic) bond motifs is 21. The highest BCUT2D eigenvalue weighted by atomic mass is 16.3. The summed E-state index contributed by atoms with van der Waals surface area (Å²) in [4.78, 5) is 20.9. The molecule has 0 spiro atoms. The third kappa shape index (κ3) is 15.5. The smallest absolute Gasteiger partial charge is 0.164 e. The molecule has 0 saturated carbocycles. The van der Waals surface area contributed by atoms with Crippen molar-refractivity contribution in [3.8, 4) is 152 Å². The average molecular weight is 1920 g/mol. The number of nitrogens with zero attached hydrogens (tertiary/aromatic N) is 7. The number of rotatable bonds is 15. The summed E-state index contributed by atoms with van der Waals surface area (Å²) in [6.45, 7) is 0. The Morgan fingerprint density at radius 3 is 0.767 bits per heavy atom. The first-order valence-corrected chi connectivity index (χ1v) is 50.8. The van der Waals surface area contributed by atoms with Crippen molar-refractivity contribution in [2.75, 3.05) is 0 Å². The second-order valence-electron chi connectivity index (χ2n) is 38.1. The normalized spacial score (nSPS) is 11.6. The number of hydrogen-bond acceptors (Lipinski definition) is 7. The number of benzene rings is 21. The van der Waals surface area contributed by atoms with Crippen molar-refractivity contribution in [2.24, 2.45) is 0 Å². The second-order valence-corrected chi connectivity index (χ2v) is 38.1. The lowest BCUT2D eigenvalue weighted by atomic mass is 9.96. The summed E-state index contributed by atoms with van der Waals surface area (Å²) < 4.78 is 28.0. The van der Waals surface area contributed by atoms with Crippen LogP contribution in [0, 0.1) is 0 Å². The Kier molecular flexibility index (Phi) is 21.7. The minimum Gasteiger partial charge on any atom is -0.455 e. The van der Waals surface area contributed by atoms with Crippen LogP contribution >= 0.6 is 0 Å². The van der Waals surface area contributed by atoms with E-state index in [2.05, 4.69) is 511 Å². The minimum atomic E-state index is 0.626. The summed E-state index contributed by atoms with van der Waals surface area (Å²) in [5.74, 6) is 0.626. The maximum absolute atomic E-state index is 7.03. The van der Waals surface area contributed by atoms with Crippen LogP contribution in [0.4, 0.5) is 0 Å². The van der Waals surface area contributed by atoms with Crippen molar-refractivity contribution in [3.63, 3.8) is 0 Å². The van der Waals surface area contributed by atoms with Crippen LogP contribution in [-0.4, -0.2) is 33.6 Å². The molecule has 702 valence electrons. The van der Waals surface area contributed by atoms with Gasteiger partial charge in [-0.2, -0.15) is 0 Å². The third-order valence-electron chi connectivity index (χ3n) is 29.2. The summed E-state index contributed by atoms with van der Waals surface area (Å²) in [6, 6.07) is 189. The van der Waals surface area contributed by atoms with Gasteiger partial charge in [0, 0.05) is 104 Å². The van der Waals surface area contributed by atoms with Crippen molar-refractivity contribution >= 4 is 131 Å². The fraction of sp³-hybridized carbons (Fsp3) is 0. The molecule has 30 rings (SSSR count). The van der Waals surface area contributed by atoms with Crippen LogP contribution in [0.25, 0.3) is 283 Å². The molecular weight excluding hydrogens is 1830 g/mol. The summed E-state index contributed by atoms with van der Waals surface area (Å²) in [6.07, 6.45) is 0. The zero-order chi connectivity index (χ0) is 99.1. The Bertz CT molecular complexity index is 10000. The van der Waals surface area contributed by atoms with Crippen LogP contribution in [0.15, 0.2) is 553 Å². The number of furan rings is 3. The van der Waals surface area contributed by atoms with E-state index >= 15 is 0 Å². The maximum atomic E-state index is 7.03. The summed E-state index contributed by atoms with van der Waals surface area (Å²) in [5, 5.41) is 13.3. The van der Waals surface area contributed by atoms with Crippen LogP contribution in [0.2, 0.25) is 0 Å². The number of aromatic nitrogens is 7. The lowest BCUT2D eigenvalue weighted by Crippen LogP contribution is -1.96. The van der Waals surface area contributed by atoms with E-state index in [9.17, 15) is 0 Å². The summed E-state index contributed by atoms with van der Waals surface area (Å²) in [5.41, 5.74) is 39.2. The van der Waals surface area contributed by atoms with Gasteiger partial charge >= 0.3 is 0 Å². The molecule has 21 aromatic carbocycles. The van der Waals surface area contributed by atoms with Crippen molar-refractivity contribution in [2.45, 2.75) is 0 Å². The first-order chi connectivity index (χ1) is 74.4. The van der Waals surface area contributed by atoms with Crippen molar-refractivity contribution < 1.29 is 13.3 Å². The van der Waals surface area contributed by atoms with Gasteiger partial charge in [0.1, 0.15) is 33.5 Å². The predicted molar refractivity (Wildman–Crippen MR) is 621 cm³/mol. The molecule has 0 bridgehead atoms. The van der Waals surface area contributed by atoms with E-state index in [-0.39, 0.29) is 0 Å². The highest BCUT2D eigenvalue weighted by Gasteiger charge is 2.28. The van der Waals surface area contributed by atoms with Crippen molar-refractivity contribution in [1.29, 1.82) is 0 Å². The Morgan fingerprint density at radius 2 is 0.380 bits per heavy atom. The van der Waals surface area contributed by atoms with Gasteiger partial charge in [0.05, 0.1) is 89.0 Å². The molecule has 0 radical (unpaired) electrons. The third-order valence-corrected chi connectivity index (χ3v) is 29.2. The van der Waals surface area contributed by atoms with Crippen molar-refractivity contribution in [1.82, 2.24) is 33.6 Å². The summed E-state index contributed by atoms with van der Waals surface area (Å²) >= 11 is 0. The molecule has 0 amide bonds. The molecule has 150 heavy (non-hydrogen) atoms. The van der Waals surface area contributed by atoms with Crippen LogP contribution in [0.5, 0.6) is 0 Å². The maximum Gasteiger partial charge on any atom is 0.164 e. The lowest BCUT2D eigenvalue weighted by Gasteiger charge is -2.12. The van der Waals surface area contributed by atoms with Gasteiger partial charge in [-0.3, -0.25) is 0 Å². The van der Waals surface area contributed by atoms with E-state index in [1.807, 2.05) is 42.5 Å². The zero-order valence-electron chi connectivity index (χ0n) is 81.2. The van der Waals surface area contributed by atoms with Crippen LogP contribution < -0.4 is 0 Å². The van der Waals surface area contributed by atoms with Crippen LogP contribution in [0.1, 0.15) is 0 Å². The summed E-state index contributed by atoms with van der Waals surface area (Å²) in [7, 11) is 0. The Morgan fingerprint density at radius 1 is 0.133 bits per heavy atom. The quantitative estimate of drug-likeness (QED) is 0.101. The van der Waals surface area contributed by atoms with E-state index in [0.29, 0.717) is 5.82 Å². The molecule has 9 aromatic heterocycles. The van der Waals surface area contributed by atoms with Crippen LogP contribution in [-0.2, 0) is 0 Å². The van der Waals surface area contributed by atoms with E-state index in [4.69, 9.17) is 33.2 Å². The molecule has 30 aromatic rings. The number of pyridine rings is 2. The molecule has 0 aliphatic rings. The second kappa shape index (κ2) is 37.2. The van der Waals surface area contributed by atoms with E-state index in [0.717, 1.165) is 233 Å². The largest absolute Gasteiger partial charge is 0.455 e. The molecule has 0 N–H and O–H groups in total. The molecule has 10 heteroatoms. The fourth-order valence-electron chi connectivity index (χ4n) is 22.2. The number of hydrogen-bond donors (Lipinski definition) is 0. The topological polar surface area (TPSA) is 106 Å². The van der Waals surface area contributed by atoms with Gasteiger partial charge in [-0.05, 0) is 190 Å². The molecule has 0 fully saturated rings. The Hall–Kier alpha value is -20.2. The first kappa shape index (κ1) is 87.6. The molecule has 0 aliphatic heterocycles. The minimum absolute atomic E-state index is 0.626. The monoisotopic (exact) mass is 1920 g/mol. The van der Waals surface area contributed by atoms with E-state index in [1.54, 1.807) is 0 Å². The van der Waals surface area contributed by atoms with E-state index in [1.165, 1.54) is 44.2 Å². The zero-order valence-corrected chi connectivity index (χ0v) is 81.2. The van der Waals surface area contributed by atoms with Gasteiger partial charge in [0.25, 0.3) is 0 Å². The Balaban J connectivity index is 0.000000108. The molecule has 0 saturated heterocycles. The Labute approximate surface area is 863 Å². The predicted octanol–water partition coefficient (Wildman–Crippen LogP) is 37.6. The molecular formula is C140H89N7O3. The van der Waals surface area contributed by atoms with Gasteiger partial charge in [0.15, 0.2) is 5.82 Å². The molecule has 10 nitrogen and oxygen atoms in total.